The van der Waals surface area contributed by atoms with Crippen LogP contribution in [0.3, 0.4) is 0 Å². The zero-order valence-corrected chi connectivity index (χ0v) is 11.9. The molecule has 6 heteroatoms. The molecule has 0 bridgehead atoms. The largest absolute Gasteiger partial charge is 0.383 e. The minimum atomic E-state index is -2.96. The molecule has 0 rings (SSSR count). The van der Waals surface area contributed by atoms with Gasteiger partial charge in [-0.2, -0.15) is 0 Å². The first-order valence-electron chi connectivity index (χ1n) is 5.43. The normalized spacial score (nSPS) is 12.6. The molecule has 0 aliphatic carbocycles. The van der Waals surface area contributed by atoms with Crippen molar-refractivity contribution >= 4 is 21.4 Å². The number of halogens is 1. The molecule has 0 atom stereocenters. The van der Waals surface area contributed by atoms with Crippen LogP contribution in [0.2, 0.25) is 0 Å². The van der Waals surface area contributed by atoms with Gasteiger partial charge >= 0.3 is 0 Å². The SMILES string of the molecule is COCCN(CCCl)CCS(=O)(=O)C(C)C. The Balaban J connectivity index is 4.10. The van der Waals surface area contributed by atoms with Crippen LogP contribution in [0, 0.1) is 0 Å². The van der Waals surface area contributed by atoms with Crippen molar-refractivity contribution in [3.63, 3.8) is 0 Å². The highest BCUT2D eigenvalue weighted by atomic mass is 35.5. The van der Waals surface area contributed by atoms with E-state index in [2.05, 4.69) is 0 Å². The summed E-state index contributed by atoms with van der Waals surface area (Å²) < 4.78 is 28.2. The van der Waals surface area contributed by atoms with Crippen LogP contribution in [-0.2, 0) is 14.6 Å². The molecule has 0 aromatic carbocycles. The third-order valence-corrected chi connectivity index (χ3v) is 4.78. The maximum atomic E-state index is 11.6. The Morgan fingerprint density at radius 3 is 2.31 bits per heavy atom. The highest BCUT2D eigenvalue weighted by Crippen LogP contribution is 2.02. The van der Waals surface area contributed by atoms with E-state index in [1.54, 1.807) is 21.0 Å². The molecule has 0 aromatic heterocycles. The molecule has 0 aromatic rings. The first-order chi connectivity index (χ1) is 7.44. The second kappa shape index (κ2) is 8.28. The Bertz CT molecular complexity index is 267. The number of nitrogens with zero attached hydrogens (tertiary/aromatic N) is 1. The maximum absolute atomic E-state index is 11.6. The number of hydrogen-bond donors (Lipinski definition) is 0. The molecule has 0 radical (unpaired) electrons. The number of methoxy groups -OCH3 is 1. The first-order valence-corrected chi connectivity index (χ1v) is 7.68. The lowest BCUT2D eigenvalue weighted by Crippen LogP contribution is -2.35. The summed E-state index contributed by atoms with van der Waals surface area (Å²) >= 11 is 5.66. The summed E-state index contributed by atoms with van der Waals surface area (Å²) in [4.78, 5) is 2.01. The molecule has 0 heterocycles. The molecule has 0 fully saturated rings. The molecule has 0 saturated carbocycles. The molecule has 0 spiro atoms. The summed E-state index contributed by atoms with van der Waals surface area (Å²) in [7, 11) is -1.33. The minimum Gasteiger partial charge on any atom is -0.383 e. The quantitative estimate of drug-likeness (QED) is 0.587. The van der Waals surface area contributed by atoms with E-state index in [1.807, 2.05) is 4.90 Å². The van der Waals surface area contributed by atoms with Gasteiger partial charge in [-0.05, 0) is 13.8 Å². The monoisotopic (exact) mass is 271 g/mol. The summed E-state index contributed by atoms with van der Waals surface area (Å²) in [6.45, 7) is 5.94. The average molecular weight is 272 g/mol. The van der Waals surface area contributed by atoms with E-state index in [-0.39, 0.29) is 11.0 Å². The summed E-state index contributed by atoms with van der Waals surface area (Å²) in [5, 5.41) is -0.312. The van der Waals surface area contributed by atoms with E-state index >= 15 is 0 Å². The summed E-state index contributed by atoms with van der Waals surface area (Å²) in [6.07, 6.45) is 0. The van der Waals surface area contributed by atoms with Gasteiger partial charge in [-0.25, -0.2) is 8.42 Å². The number of hydrogen-bond acceptors (Lipinski definition) is 4. The topological polar surface area (TPSA) is 46.6 Å². The van der Waals surface area contributed by atoms with Gasteiger partial charge in [0.05, 0.1) is 17.6 Å². The van der Waals surface area contributed by atoms with Crippen molar-refractivity contribution in [3.05, 3.63) is 0 Å². The van der Waals surface area contributed by atoms with Crippen molar-refractivity contribution in [3.8, 4) is 0 Å². The van der Waals surface area contributed by atoms with Crippen molar-refractivity contribution in [2.24, 2.45) is 0 Å². The van der Waals surface area contributed by atoms with Crippen molar-refractivity contribution in [1.29, 1.82) is 0 Å². The van der Waals surface area contributed by atoms with Crippen molar-refractivity contribution in [2.45, 2.75) is 19.1 Å². The van der Waals surface area contributed by atoms with E-state index in [0.717, 1.165) is 6.54 Å². The van der Waals surface area contributed by atoms with Gasteiger partial charge in [0.2, 0.25) is 0 Å². The van der Waals surface area contributed by atoms with Crippen molar-refractivity contribution in [2.75, 3.05) is 45.0 Å². The van der Waals surface area contributed by atoms with E-state index < -0.39 is 9.84 Å². The number of alkyl halides is 1. The van der Waals surface area contributed by atoms with E-state index in [4.69, 9.17) is 16.3 Å². The van der Waals surface area contributed by atoms with E-state index in [0.29, 0.717) is 25.6 Å². The standard InChI is InChI=1S/C10H22ClNO3S/c1-10(2)16(13,14)9-7-12(5-4-11)6-8-15-3/h10H,4-9H2,1-3H3. The fraction of sp³-hybridized carbons (Fsp3) is 1.00. The average Bonchev–Trinajstić information content (AvgIpc) is 2.22. The molecule has 0 amide bonds. The van der Waals surface area contributed by atoms with Crippen LogP contribution in [0.5, 0.6) is 0 Å². The van der Waals surface area contributed by atoms with Gasteiger partial charge in [-0.3, -0.25) is 4.90 Å². The maximum Gasteiger partial charge on any atom is 0.153 e. The zero-order valence-electron chi connectivity index (χ0n) is 10.3. The van der Waals surface area contributed by atoms with Crippen LogP contribution in [0.1, 0.15) is 13.8 Å². The predicted molar refractivity (Wildman–Crippen MR) is 68.0 cm³/mol. The number of sulfone groups is 1. The second-order valence-corrected chi connectivity index (χ2v) is 6.99. The molecular weight excluding hydrogens is 250 g/mol. The Kier molecular flexibility index (Phi) is 8.36. The first kappa shape index (κ1) is 16.2. The molecule has 0 saturated heterocycles. The van der Waals surface area contributed by atoms with Gasteiger partial charge in [0, 0.05) is 32.6 Å². The van der Waals surface area contributed by atoms with Crippen LogP contribution in [0.15, 0.2) is 0 Å². The molecule has 98 valence electrons. The fourth-order valence-corrected chi connectivity index (χ4v) is 2.39. The summed E-state index contributed by atoms with van der Waals surface area (Å²) in [5.74, 6) is 0.691. The van der Waals surface area contributed by atoms with Crippen LogP contribution in [0.25, 0.3) is 0 Å². The van der Waals surface area contributed by atoms with Gasteiger partial charge < -0.3 is 4.74 Å². The van der Waals surface area contributed by atoms with Crippen LogP contribution >= 0.6 is 11.6 Å². The van der Waals surface area contributed by atoms with Crippen LogP contribution in [-0.4, -0.2) is 63.6 Å². The van der Waals surface area contributed by atoms with E-state index in [9.17, 15) is 8.42 Å². The minimum absolute atomic E-state index is 0.186. The third-order valence-electron chi connectivity index (χ3n) is 2.42. The highest BCUT2D eigenvalue weighted by molar-refractivity contribution is 7.92. The lowest BCUT2D eigenvalue weighted by Gasteiger charge is -2.21. The van der Waals surface area contributed by atoms with Gasteiger partial charge in [0.15, 0.2) is 9.84 Å². The Hall–Kier alpha value is 0.160. The van der Waals surface area contributed by atoms with Gasteiger partial charge in [-0.1, -0.05) is 0 Å². The van der Waals surface area contributed by atoms with Crippen LogP contribution in [0.4, 0.5) is 0 Å². The molecule has 4 nitrogen and oxygen atoms in total. The number of rotatable bonds is 9. The molecule has 0 aliphatic heterocycles. The number of ether oxygens (including phenoxy) is 1. The van der Waals surface area contributed by atoms with Crippen molar-refractivity contribution < 1.29 is 13.2 Å². The van der Waals surface area contributed by atoms with Crippen LogP contribution < -0.4 is 0 Å². The molecule has 0 aliphatic rings. The zero-order chi connectivity index (χ0) is 12.6. The van der Waals surface area contributed by atoms with Gasteiger partial charge in [-0.15, -0.1) is 11.6 Å². The van der Waals surface area contributed by atoms with Crippen molar-refractivity contribution in [1.82, 2.24) is 4.90 Å². The Labute approximate surface area is 104 Å². The fourth-order valence-electron chi connectivity index (χ4n) is 1.17. The van der Waals surface area contributed by atoms with Gasteiger partial charge in [0.25, 0.3) is 0 Å². The molecule has 0 N–H and O–H groups in total. The third kappa shape index (κ3) is 6.68. The lowest BCUT2D eigenvalue weighted by molar-refractivity contribution is 0.154. The molecular formula is C10H22ClNO3S. The summed E-state index contributed by atoms with van der Waals surface area (Å²) in [5.41, 5.74) is 0. The lowest BCUT2D eigenvalue weighted by atomic mass is 10.5. The smallest absolute Gasteiger partial charge is 0.153 e. The van der Waals surface area contributed by atoms with Gasteiger partial charge in [0.1, 0.15) is 0 Å². The molecule has 16 heavy (non-hydrogen) atoms. The Morgan fingerprint density at radius 1 is 1.25 bits per heavy atom. The van der Waals surface area contributed by atoms with E-state index in [1.165, 1.54) is 0 Å². The predicted octanol–water partition coefficient (Wildman–Crippen LogP) is 0.997. The molecule has 0 unspecified atom stereocenters. The Morgan fingerprint density at radius 2 is 1.88 bits per heavy atom. The summed E-state index contributed by atoms with van der Waals surface area (Å²) in [6, 6.07) is 0. The second-order valence-electron chi connectivity index (χ2n) is 3.94. The highest BCUT2D eigenvalue weighted by Gasteiger charge is 2.17.